The van der Waals surface area contributed by atoms with Gasteiger partial charge >= 0.3 is 0 Å². The van der Waals surface area contributed by atoms with Crippen LogP contribution in [-0.4, -0.2) is 6.04 Å². The average Bonchev–Trinajstić information content (AvgIpc) is 2.43. The summed E-state index contributed by atoms with van der Waals surface area (Å²) in [5, 5.41) is 3.44. The van der Waals surface area contributed by atoms with Crippen LogP contribution in [0.15, 0.2) is 47.4 Å². The Morgan fingerprint density at radius 3 is 2.10 bits per heavy atom. The molecule has 1 nitrogen and oxygen atoms in total. The van der Waals surface area contributed by atoms with Gasteiger partial charge in [0.15, 0.2) is 0 Å². The second-order valence-electron chi connectivity index (χ2n) is 5.96. The average molecular weight is 299 g/mol. The zero-order valence-electron chi connectivity index (χ0n) is 13.4. The third-order valence-electron chi connectivity index (χ3n) is 3.32. The van der Waals surface area contributed by atoms with E-state index in [1.807, 2.05) is 11.8 Å². The highest BCUT2D eigenvalue weighted by Gasteiger charge is 2.00. The number of thioether (sulfide) groups is 1. The third-order valence-corrected chi connectivity index (χ3v) is 4.41. The first kappa shape index (κ1) is 16.1. The molecule has 2 heteroatoms. The fourth-order valence-corrected chi connectivity index (χ4v) is 3.17. The van der Waals surface area contributed by atoms with E-state index in [0.29, 0.717) is 6.04 Å². The summed E-state index contributed by atoms with van der Waals surface area (Å²) >= 11 is 1.90. The Labute approximate surface area is 133 Å². The Kier molecular flexibility index (Phi) is 5.89. The molecule has 21 heavy (non-hydrogen) atoms. The Hall–Kier alpha value is -1.25. The minimum Gasteiger partial charge on any atom is -0.310 e. The number of rotatable bonds is 6. The molecule has 0 spiro atoms. The van der Waals surface area contributed by atoms with E-state index in [0.717, 1.165) is 12.3 Å². The molecule has 112 valence electrons. The van der Waals surface area contributed by atoms with Crippen LogP contribution in [0.5, 0.6) is 0 Å². The van der Waals surface area contributed by atoms with Crippen molar-refractivity contribution < 1.29 is 0 Å². The molecule has 2 aromatic rings. The van der Waals surface area contributed by atoms with Gasteiger partial charge in [0.05, 0.1) is 0 Å². The van der Waals surface area contributed by atoms with Gasteiger partial charge in [0.1, 0.15) is 0 Å². The lowest BCUT2D eigenvalue weighted by Gasteiger charge is -2.09. The molecule has 0 aliphatic heterocycles. The quantitative estimate of drug-likeness (QED) is 0.745. The molecule has 0 fully saturated rings. The standard InChI is InChI=1S/C19H25NS/c1-14(2)20-12-17-5-7-19(8-6-17)21-13-18-10-15(3)9-16(4)11-18/h5-11,14,20H,12-13H2,1-4H3. The van der Waals surface area contributed by atoms with Gasteiger partial charge in [0, 0.05) is 23.2 Å². The number of hydrogen-bond donors (Lipinski definition) is 1. The second kappa shape index (κ2) is 7.67. The van der Waals surface area contributed by atoms with E-state index >= 15 is 0 Å². The molecule has 0 unspecified atom stereocenters. The fraction of sp³-hybridized carbons (Fsp3) is 0.368. The molecule has 0 saturated carbocycles. The highest BCUT2D eigenvalue weighted by atomic mass is 32.2. The van der Waals surface area contributed by atoms with Crippen LogP contribution in [0, 0.1) is 13.8 Å². The Morgan fingerprint density at radius 1 is 0.905 bits per heavy atom. The fourth-order valence-electron chi connectivity index (χ4n) is 2.34. The lowest BCUT2D eigenvalue weighted by molar-refractivity contribution is 0.588. The van der Waals surface area contributed by atoms with E-state index < -0.39 is 0 Å². The van der Waals surface area contributed by atoms with Gasteiger partial charge in [-0.2, -0.15) is 0 Å². The molecule has 1 N–H and O–H groups in total. The molecule has 0 aromatic heterocycles. The van der Waals surface area contributed by atoms with E-state index in [1.165, 1.54) is 27.1 Å². The smallest absolute Gasteiger partial charge is 0.0232 e. The summed E-state index contributed by atoms with van der Waals surface area (Å²) < 4.78 is 0. The van der Waals surface area contributed by atoms with Crippen molar-refractivity contribution in [3.05, 3.63) is 64.7 Å². The second-order valence-corrected chi connectivity index (χ2v) is 7.01. The first-order chi connectivity index (χ1) is 10.0. The highest BCUT2D eigenvalue weighted by Crippen LogP contribution is 2.24. The summed E-state index contributed by atoms with van der Waals surface area (Å²) in [6.07, 6.45) is 0. The zero-order valence-corrected chi connectivity index (χ0v) is 14.3. The van der Waals surface area contributed by atoms with Gasteiger partial charge in [-0.3, -0.25) is 0 Å². The van der Waals surface area contributed by atoms with E-state index in [4.69, 9.17) is 0 Å². The molecule has 0 aliphatic rings. The van der Waals surface area contributed by atoms with Gasteiger partial charge in [-0.1, -0.05) is 55.3 Å². The molecule has 0 amide bonds. The lowest BCUT2D eigenvalue weighted by atomic mass is 10.1. The van der Waals surface area contributed by atoms with E-state index in [-0.39, 0.29) is 0 Å². The topological polar surface area (TPSA) is 12.0 Å². The lowest BCUT2D eigenvalue weighted by Crippen LogP contribution is -2.21. The van der Waals surface area contributed by atoms with Gasteiger partial charge in [-0.05, 0) is 37.1 Å². The van der Waals surface area contributed by atoms with E-state index in [2.05, 4.69) is 75.5 Å². The molecular weight excluding hydrogens is 274 g/mol. The van der Waals surface area contributed by atoms with Gasteiger partial charge < -0.3 is 5.32 Å². The van der Waals surface area contributed by atoms with Gasteiger partial charge in [0.2, 0.25) is 0 Å². The van der Waals surface area contributed by atoms with Crippen molar-refractivity contribution in [2.24, 2.45) is 0 Å². The van der Waals surface area contributed by atoms with E-state index in [9.17, 15) is 0 Å². The molecule has 0 saturated heterocycles. The van der Waals surface area contributed by atoms with Crippen LogP contribution < -0.4 is 5.32 Å². The first-order valence-corrected chi connectivity index (χ1v) is 8.54. The maximum atomic E-state index is 3.44. The van der Waals surface area contributed by atoms with Gasteiger partial charge in [0.25, 0.3) is 0 Å². The predicted molar refractivity (Wildman–Crippen MR) is 93.9 cm³/mol. The number of benzene rings is 2. The predicted octanol–water partition coefficient (Wildman–Crippen LogP) is 5.09. The number of nitrogens with one attached hydrogen (secondary N) is 1. The van der Waals surface area contributed by atoms with Crippen LogP contribution in [0.25, 0.3) is 0 Å². The highest BCUT2D eigenvalue weighted by molar-refractivity contribution is 7.98. The molecule has 0 heterocycles. The Morgan fingerprint density at radius 2 is 1.52 bits per heavy atom. The summed E-state index contributed by atoms with van der Waals surface area (Å²) in [6.45, 7) is 9.62. The van der Waals surface area contributed by atoms with E-state index in [1.54, 1.807) is 0 Å². The first-order valence-electron chi connectivity index (χ1n) is 7.55. The van der Waals surface area contributed by atoms with Crippen LogP contribution in [0.4, 0.5) is 0 Å². The van der Waals surface area contributed by atoms with Gasteiger partial charge in [-0.25, -0.2) is 0 Å². The molecule has 0 atom stereocenters. The van der Waals surface area contributed by atoms with Crippen LogP contribution in [0.3, 0.4) is 0 Å². The molecule has 0 bridgehead atoms. The summed E-state index contributed by atoms with van der Waals surface area (Å²) in [5.74, 6) is 1.03. The number of hydrogen-bond acceptors (Lipinski definition) is 2. The van der Waals surface area contributed by atoms with Crippen molar-refractivity contribution in [2.45, 2.75) is 50.9 Å². The van der Waals surface area contributed by atoms with Gasteiger partial charge in [-0.15, -0.1) is 11.8 Å². The number of aryl methyl sites for hydroxylation is 2. The summed E-state index contributed by atoms with van der Waals surface area (Å²) in [7, 11) is 0. The SMILES string of the molecule is Cc1cc(C)cc(CSc2ccc(CNC(C)C)cc2)c1. The zero-order chi connectivity index (χ0) is 15.2. The van der Waals surface area contributed by atoms with Crippen molar-refractivity contribution in [1.82, 2.24) is 5.32 Å². The maximum absolute atomic E-state index is 3.44. The maximum Gasteiger partial charge on any atom is 0.0232 e. The molecule has 0 radical (unpaired) electrons. The van der Waals surface area contributed by atoms with Crippen molar-refractivity contribution in [3.63, 3.8) is 0 Å². The van der Waals surface area contributed by atoms with Crippen LogP contribution in [0.2, 0.25) is 0 Å². The van der Waals surface area contributed by atoms with Crippen LogP contribution in [-0.2, 0) is 12.3 Å². The Balaban J connectivity index is 1.91. The minimum absolute atomic E-state index is 0.531. The molecule has 2 rings (SSSR count). The summed E-state index contributed by atoms with van der Waals surface area (Å²) in [6, 6.07) is 16.2. The molecule has 2 aromatic carbocycles. The summed E-state index contributed by atoms with van der Waals surface area (Å²) in [5.41, 5.74) is 5.45. The molecule has 0 aliphatic carbocycles. The largest absolute Gasteiger partial charge is 0.310 e. The van der Waals surface area contributed by atoms with Crippen molar-refractivity contribution in [1.29, 1.82) is 0 Å². The van der Waals surface area contributed by atoms with Crippen molar-refractivity contribution in [3.8, 4) is 0 Å². The third kappa shape index (κ3) is 5.56. The summed E-state index contributed by atoms with van der Waals surface area (Å²) in [4.78, 5) is 1.34. The van der Waals surface area contributed by atoms with Crippen molar-refractivity contribution >= 4 is 11.8 Å². The van der Waals surface area contributed by atoms with Crippen LogP contribution >= 0.6 is 11.8 Å². The normalized spacial score (nSPS) is 11.1. The minimum atomic E-state index is 0.531. The molecular formula is C19H25NS. The monoisotopic (exact) mass is 299 g/mol. The van der Waals surface area contributed by atoms with Crippen LogP contribution in [0.1, 0.15) is 36.1 Å². The Bertz CT molecular complexity index is 552. The van der Waals surface area contributed by atoms with Crippen molar-refractivity contribution in [2.75, 3.05) is 0 Å².